The van der Waals surface area contributed by atoms with Gasteiger partial charge in [-0.3, -0.25) is 9.48 Å². The molecule has 7 nitrogen and oxygen atoms in total. The van der Waals surface area contributed by atoms with Crippen molar-refractivity contribution in [1.29, 1.82) is 0 Å². The summed E-state index contributed by atoms with van der Waals surface area (Å²) >= 11 is 3.43. The van der Waals surface area contributed by atoms with E-state index in [0.717, 1.165) is 5.56 Å². The van der Waals surface area contributed by atoms with E-state index in [4.69, 9.17) is 9.26 Å². The monoisotopic (exact) mass is 498 g/mol. The molecule has 4 rings (SSSR count). The Bertz CT molecular complexity index is 1250. The fraction of sp³-hybridized carbons (Fsp3) is 0.174. The lowest BCUT2D eigenvalue weighted by Gasteiger charge is -2.07. The van der Waals surface area contributed by atoms with Gasteiger partial charge in [-0.15, -0.1) is 0 Å². The molecule has 0 saturated carbocycles. The van der Waals surface area contributed by atoms with Gasteiger partial charge in [0.25, 0.3) is 5.91 Å². The fourth-order valence-corrected chi connectivity index (χ4v) is 3.48. The Hall–Kier alpha value is -3.46. The Morgan fingerprint density at radius 3 is 2.75 bits per heavy atom. The number of aryl methyl sites for hydroxylation is 2. The first-order valence-electron chi connectivity index (χ1n) is 9.82. The third kappa shape index (κ3) is 5.05. The van der Waals surface area contributed by atoms with E-state index in [1.54, 1.807) is 29.9 Å². The SMILES string of the molecule is Cc1ccc(Cn2cc(Br)c(NC(=O)c3noc(C)c3COc3cccc(F)c3)n2)cc1. The van der Waals surface area contributed by atoms with E-state index in [9.17, 15) is 9.18 Å². The first-order chi connectivity index (χ1) is 15.4. The van der Waals surface area contributed by atoms with Crippen molar-refractivity contribution >= 4 is 27.7 Å². The third-order valence-corrected chi connectivity index (χ3v) is 5.37. The number of anilines is 1. The van der Waals surface area contributed by atoms with Crippen LogP contribution in [0.3, 0.4) is 0 Å². The van der Waals surface area contributed by atoms with Crippen LogP contribution in [0, 0.1) is 19.7 Å². The van der Waals surface area contributed by atoms with Gasteiger partial charge in [-0.1, -0.05) is 41.1 Å². The van der Waals surface area contributed by atoms with Crippen LogP contribution in [0.25, 0.3) is 0 Å². The third-order valence-electron chi connectivity index (χ3n) is 4.79. The molecule has 0 fully saturated rings. The molecule has 0 atom stereocenters. The quantitative estimate of drug-likeness (QED) is 0.375. The summed E-state index contributed by atoms with van der Waals surface area (Å²) in [5, 5.41) is 11.0. The van der Waals surface area contributed by atoms with Crippen molar-refractivity contribution in [2.75, 3.05) is 5.32 Å². The standard InChI is InChI=1S/C23H20BrFN4O3/c1-14-6-8-16(9-7-14)11-29-12-20(24)22(27-29)26-23(30)21-19(15(2)32-28-21)13-31-18-5-3-4-17(25)10-18/h3-10,12H,11,13H2,1-2H3,(H,26,27,30). The van der Waals surface area contributed by atoms with Crippen LogP contribution in [0.2, 0.25) is 0 Å². The van der Waals surface area contributed by atoms with Crippen molar-refractivity contribution < 1.29 is 18.4 Å². The Labute approximate surface area is 192 Å². The molecular weight excluding hydrogens is 479 g/mol. The van der Waals surface area contributed by atoms with E-state index in [1.807, 2.05) is 31.2 Å². The molecule has 2 heterocycles. The number of aromatic nitrogens is 3. The van der Waals surface area contributed by atoms with Gasteiger partial charge in [0.1, 0.15) is 23.9 Å². The summed E-state index contributed by atoms with van der Waals surface area (Å²) in [6.45, 7) is 4.28. The molecule has 0 aliphatic heterocycles. The van der Waals surface area contributed by atoms with Crippen molar-refractivity contribution in [2.45, 2.75) is 27.0 Å². The summed E-state index contributed by atoms with van der Waals surface area (Å²) in [7, 11) is 0. The minimum Gasteiger partial charge on any atom is -0.489 e. The summed E-state index contributed by atoms with van der Waals surface area (Å²) in [5.74, 6) is 0.249. The van der Waals surface area contributed by atoms with Crippen molar-refractivity contribution in [3.63, 3.8) is 0 Å². The van der Waals surface area contributed by atoms with Crippen molar-refractivity contribution in [2.24, 2.45) is 0 Å². The lowest BCUT2D eigenvalue weighted by atomic mass is 10.1. The predicted octanol–water partition coefficient (Wildman–Crippen LogP) is 5.27. The zero-order chi connectivity index (χ0) is 22.7. The maximum Gasteiger partial charge on any atom is 0.279 e. The van der Waals surface area contributed by atoms with E-state index in [1.165, 1.54) is 17.7 Å². The van der Waals surface area contributed by atoms with Crippen LogP contribution in [0.1, 0.15) is 32.9 Å². The van der Waals surface area contributed by atoms with Gasteiger partial charge in [-0.25, -0.2) is 4.39 Å². The number of carbonyl (C=O) groups is 1. The van der Waals surface area contributed by atoms with Crippen molar-refractivity contribution in [3.05, 3.63) is 93.2 Å². The zero-order valence-electron chi connectivity index (χ0n) is 17.4. The molecule has 32 heavy (non-hydrogen) atoms. The molecule has 1 amide bonds. The van der Waals surface area contributed by atoms with Crippen LogP contribution in [0.15, 0.2) is 63.7 Å². The smallest absolute Gasteiger partial charge is 0.279 e. The Balaban J connectivity index is 1.46. The molecule has 0 spiro atoms. The average Bonchev–Trinajstić information content (AvgIpc) is 3.30. The number of amides is 1. The molecule has 2 aromatic heterocycles. The molecular formula is C23H20BrFN4O3. The van der Waals surface area contributed by atoms with Gasteiger partial charge in [0.15, 0.2) is 11.5 Å². The maximum atomic E-state index is 13.4. The molecule has 0 aliphatic carbocycles. The highest BCUT2D eigenvalue weighted by Gasteiger charge is 2.22. The second kappa shape index (κ2) is 9.35. The van der Waals surface area contributed by atoms with E-state index in [2.05, 4.69) is 31.5 Å². The maximum absolute atomic E-state index is 13.4. The molecule has 0 aliphatic rings. The van der Waals surface area contributed by atoms with E-state index in [-0.39, 0.29) is 12.3 Å². The Morgan fingerprint density at radius 2 is 2.00 bits per heavy atom. The van der Waals surface area contributed by atoms with Crippen LogP contribution >= 0.6 is 15.9 Å². The van der Waals surface area contributed by atoms with Gasteiger partial charge in [0.2, 0.25) is 0 Å². The molecule has 1 N–H and O–H groups in total. The number of ether oxygens (including phenoxy) is 1. The largest absolute Gasteiger partial charge is 0.489 e. The lowest BCUT2D eigenvalue weighted by Crippen LogP contribution is -2.16. The first-order valence-corrected chi connectivity index (χ1v) is 10.6. The van der Waals surface area contributed by atoms with Crippen LogP contribution in [-0.2, 0) is 13.2 Å². The number of benzene rings is 2. The zero-order valence-corrected chi connectivity index (χ0v) is 19.0. The van der Waals surface area contributed by atoms with Gasteiger partial charge in [0, 0.05) is 12.3 Å². The Kier molecular flexibility index (Phi) is 6.36. The molecule has 9 heteroatoms. The second-order valence-electron chi connectivity index (χ2n) is 7.27. The van der Waals surface area contributed by atoms with Gasteiger partial charge >= 0.3 is 0 Å². The van der Waals surface area contributed by atoms with Crippen LogP contribution in [0.5, 0.6) is 5.75 Å². The normalized spacial score (nSPS) is 10.9. The minimum absolute atomic E-state index is 0.00454. The topological polar surface area (TPSA) is 82.2 Å². The van der Waals surface area contributed by atoms with E-state index >= 15 is 0 Å². The summed E-state index contributed by atoms with van der Waals surface area (Å²) in [4.78, 5) is 12.9. The van der Waals surface area contributed by atoms with Crippen molar-refractivity contribution in [3.8, 4) is 5.75 Å². The second-order valence-corrected chi connectivity index (χ2v) is 8.13. The number of nitrogens with one attached hydrogen (secondary N) is 1. The summed E-state index contributed by atoms with van der Waals surface area (Å²) in [6, 6.07) is 13.9. The summed E-state index contributed by atoms with van der Waals surface area (Å²) < 4.78 is 26.5. The molecule has 4 aromatic rings. The van der Waals surface area contributed by atoms with Gasteiger partial charge in [-0.05, 0) is 47.5 Å². The van der Waals surface area contributed by atoms with Gasteiger partial charge in [-0.2, -0.15) is 5.10 Å². The Morgan fingerprint density at radius 1 is 1.22 bits per heavy atom. The van der Waals surface area contributed by atoms with E-state index in [0.29, 0.717) is 33.9 Å². The van der Waals surface area contributed by atoms with Crippen LogP contribution in [0.4, 0.5) is 10.2 Å². The number of carbonyl (C=O) groups excluding carboxylic acids is 1. The summed E-state index contributed by atoms with van der Waals surface area (Å²) in [5.41, 5.74) is 2.83. The summed E-state index contributed by atoms with van der Waals surface area (Å²) in [6.07, 6.45) is 1.79. The number of hydrogen-bond donors (Lipinski definition) is 1. The number of hydrogen-bond acceptors (Lipinski definition) is 5. The number of nitrogens with zero attached hydrogens (tertiary/aromatic N) is 3. The molecule has 0 unspecified atom stereocenters. The minimum atomic E-state index is -0.485. The number of rotatable bonds is 7. The fourth-order valence-electron chi connectivity index (χ4n) is 3.06. The molecule has 0 bridgehead atoms. The molecule has 0 saturated heterocycles. The highest BCUT2D eigenvalue weighted by atomic mass is 79.9. The highest BCUT2D eigenvalue weighted by Crippen LogP contribution is 2.23. The van der Waals surface area contributed by atoms with Crippen LogP contribution in [-0.4, -0.2) is 20.8 Å². The highest BCUT2D eigenvalue weighted by molar-refractivity contribution is 9.10. The lowest BCUT2D eigenvalue weighted by molar-refractivity contribution is 0.101. The molecule has 164 valence electrons. The molecule has 2 aromatic carbocycles. The van der Waals surface area contributed by atoms with Gasteiger partial charge < -0.3 is 14.6 Å². The molecule has 0 radical (unpaired) electrons. The average molecular weight is 499 g/mol. The van der Waals surface area contributed by atoms with E-state index < -0.39 is 11.7 Å². The predicted molar refractivity (Wildman–Crippen MR) is 120 cm³/mol. The van der Waals surface area contributed by atoms with Gasteiger partial charge in [0.05, 0.1) is 16.6 Å². The number of halogens is 2. The first kappa shape index (κ1) is 21.8. The van der Waals surface area contributed by atoms with Crippen molar-refractivity contribution in [1.82, 2.24) is 14.9 Å². The van der Waals surface area contributed by atoms with Crippen LogP contribution < -0.4 is 10.1 Å².